The fourth-order valence-electron chi connectivity index (χ4n) is 4.70. The number of piperazine rings is 1. The molecule has 0 atom stereocenters. The summed E-state index contributed by atoms with van der Waals surface area (Å²) in [7, 11) is 1.61. The monoisotopic (exact) mass is 470 g/mol. The first-order valence-electron chi connectivity index (χ1n) is 11.4. The van der Waals surface area contributed by atoms with Crippen LogP contribution in [0, 0.1) is 0 Å². The SMILES string of the molecule is COc1cccc(-c2cc(C(N)=O)c3[nH]c4ccc(C(=O)N5CCN(C(C)=O)CC5)cc4c3c2)c1. The number of methoxy groups -OCH3 is 1. The van der Waals surface area contributed by atoms with E-state index in [0.29, 0.717) is 48.6 Å². The first-order valence-corrected chi connectivity index (χ1v) is 11.4. The minimum atomic E-state index is -0.536. The second-order valence-corrected chi connectivity index (χ2v) is 8.73. The molecule has 4 aromatic rings. The first kappa shape index (κ1) is 22.5. The number of primary amides is 1. The smallest absolute Gasteiger partial charge is 0.253 e. The maximum absolute atomic E-state index is 13.2. The lowest BCUT2D eigenvalue weighted by molar-refractivity contribution is -0.130. The Hall–Kier alpha value is -4.33. The number of carbonyl (C=O) groups is 3. The van der Waals surface area contributed by atoms with Crippen molar-refractivity contribution in [2.45, 2.75) is 6.92 Å². The van der Waals surface area contributed by atoms with Crippen molar-refractivity contribution in [3.05, 3.63) is 65.7 Å². The van der Waals surface area contributed by atoms with E-state index in [1.807, 2.05) is 42.5 Å². The van der Waals surface area contributed by atoms with Crippen LogP contribution in [0.1, 0.15) is 27.6 Å². The van der Waals surface area contributed by atoms with Crippen LogP contribution in [0.15, 0.2) is 54.6 Å². The van der Waals surface area contributed by atoms with E-state index < -0.39 is 5.91 Å². The first-order chi connectivity index (χ1) is 16.9. The van der Waals surface area contributed by atoms with Gasteiger partial charge in [0.15, 0.2) is 0 Å². The molecule has 0 radical (unpaired) electrons. The van der Waals surface area contributed by atoms with E-state index in [9.17, 15) is 14.4 Å². The average Bonchev–Trinajstić information content (AvgIpc) is 3.25. The van der Waals surface area contributed by atoms with Gasteiger partial charge in [0, 0.05) is 55.0 Å². The van der Waals surface area contributed by atoms with E-state index in [1.54, 1.807) is 36.0 Å². The lowest BCUT2D eigenvalue weighted by Crippen LogP contribution is -2.50. The number of aromatic amines is 1. The Kier molecular flexibility index (Phi) is 5.64. The third-order valence-electron chi connectivity index (χ3n) is 6.64. The van der Waals surface area contributed by atoms with Gasteiger partial charge in [0.2, 0.25) is 5.91 Å². The third kappa shape index (κ3) is 4.07. The Morgan fingerprint density at radius 3 is 2.31 bits per heavy atom. The summed E-state index contributed by atoms with van der Waals surface area (Å²) in [5.74, 6) is 0.115. The standard InChI is InChI=1S/C27H26N4O4/c1-16(32)30-8-10-31(11-9-30)27(34)18-6-7-24-21(13-18)22-14-19(15-23(26(28)33)25(22)29-24)17-4-3-5-20(12-17)35-2/h3-7,12-15,29H,8-11H2,1-2H3,(H2,28,33). The highest BCUT2D eigenvalue weighted by Crippen LogP contribution is 2.34. The summed E-state index contributed by atoms with van der Waals surface area (Å²) < 4.78 is 5.35. The Morgan fingerprint density at radius 1 is 0.886 bits per heavy atom. The van der Waals surface area contributed by atoms with Gasteiger partial charge in [0.1, 0.15) is 5.75 Å². The van der Waals surface area contributed by atoms with Crippen molar-refractivity contribution in [1.29, 1.82) is 0 Å². The normalized spacial score (nSPS) is 13.9. The van der Waals surface area contributed by atoms with Gasteiger partial charge in [-0.05, 0) is 53.6 Å². The largest absolute Gasteiger partial charge is 0.497 e. The summed E-state index contributed by atoms with van der Waals surface area (Å²) in [6, 6.07) is 16.8. The molecule has 1 saturated heterocycles. The molecule has 2 heterocycles. The number of hydrogen-bond donors (Lipinski definition) is 2. The Labute approximate surface area is 202 Å². The predicted molar refractivity (Wildman–Crippen MR) is 134 cm³/mol. The van der Waals surface area contributed by atoms with Crippen LogP contribution >= 0.6 is 0 Å². The molecule has 1 aliphatic heterocycles. The Morgan fingerprint density at radius 2 is 1.63 bits per heavy atom. The van der Waals surface area contributed by atoms with Gasteiger partial charge in [0.25, 0.3) is 11.8 Å². The number of aromatic nitrogens is 1. The Balaban J connectivity index is 1.58. The summed E-state index contributed by atoms with van der Waals surface area (Å²) in [5, 5.41) is 1.64. The lowest BCUT2D eigenvalue weighted by atomic mass is 9.98. The number of H-pyrrole nitrogens is 1. The minimum Gasteiger partial charge on any atom is -0.497 e. The van der Waals surface area contributed by atoms with Crippen LogP contribution in [0.25, 0.3) is 32.9 Å². The van der Waals surface area contributed by atoms with Gasteiger partial charge in [-0.2, -0.15) is 0 Å². The quantitative estimate of drug-likeness (QED) is 0.476. The summed E-state index contributed by atoms with van der Waals surface area (Å²) in [4.78, 5) is 44.0. The zero-order chi connectivity index (χ0) is 24.7. The maximum atomic E-state index is 13.2. The number of amides is 3. The molecule has 1 aromatic heterocycles. The van der Waals surface area contributed by atoms with Crippen LogP contribution in [0.2, 0.25) is 0 Å². The van der Waals surface area contributed by atoms with Crippen molar-refractivity contribution in [3.8, 4) is 16.9 Å². The molecule has 3 amide bonds. The number of carbonyl (C=O) groups excluding carboxylic acids is 3. The zero-order valence-electron chi connectivity index (χ0n) is 19.6. The molecule has 8 heteroatoms. The molecule has 5 rings (SSSR count). The second-order valence-electron chi connectivity index (χ2n) is 8.73. The number of rotatable bonds is 4. The highest BCUT2D eigenvalue weighted by atomic mass is 16.5. The molecule has 0 bridgehead atoms. The molecule has 0 unspecified atom stereocenters. The van der Waals surface area contributed by atoms with E-state index in [0.717, 1.165) is 27.4 Å². The van der Waals surface area contributed by atoms with Crippen molar-refractivity contribution in [1.82, 2.24) is 14.8 Å². The van der Waals surface area contributed by atoms with Crippen molar-refractivity contribution >= 4 is 39.5 Å². The van der Waals surface area contributed by atoms with Crippen LogP contribution in [-0.4, -0.2) is 65.8 Å². The van der Waals surface area contributed by atoms with Crippen molar-refractivity contribution < 1.29 is 19.1 Å². The van der Waals surface area contributed by atoms with Gasteiger partial charge >= 0.3 is 0 Å². The summed E-state index contributed by atoms with van der Waals surface area (Å²) in [5.41, 5.74) is 9.83. The average molecular weight is 471 g/mol. The van der Waals surface area contributed by atoms with E-state index in [2.05, 4.69) is 4.98 Å². The molecule has 0 aliphatic carbocycles. The number of fused-ring (bicyclic) bond motifs is 3. The second kappa shape index (κ2) is 8.79. The molecular formula is C27H26N4O4. The highest BCUT2D eigenvalue weighted by molar-refractivity contribution is 6.17. The molecule has 178 valence electrons. The van der Waals surface area contributed by atoms with Gasteiger partial charge in [-0.3, -0.25) is 14.4 Å². The number of hydrogen-bond acceptors (Lipinski definition) is 4. The number of benzene rings is 3. The van der Waals surface area contributed by atoms with Crippen LogP contribution in [-0.2, 0) is 4.79 Å². The van der Waals surface area contributed by atoms with E-state index in [4.69, 9.17) is 10.5 Å². The van der Waals surface area contributed by atoms with Gasteiger partial charge in [-0.1, -0.05) is 12.1 Å². The highest BCUT2D eigenvalue weighted by Gasteiger charge is 2.24. The predicted octanol–water partition coefficient (Wildman–Crippen LogP) is 3.40. The maximum Gasteiger partial charge on any atom is 0.253 e. The lowest BCUT2D eigenvalue weighted by Gasteiger charge is -2.34. The summed E-state index contributed by atoms with van der Waals surface area (Å²) >= 11 is 0. The topological polar surface area (TPSA) is 109 Å². The number of ether oxygens (including phenoxy) is 1. The molecular weight excluding hydrogens is 444 g/mol. The van der Waals surface area contributed by atoms with Gasteiger partial charge in [0.05, 0.1) is 18.2 Å². The fourth-order valence-corrected chi connectivity index (χ4v) is 4.70. The van der Waals surface area contributed by atoms with Gasteiger partial charge in [-0.15, -0.1) is 0 Å². The van der Waals surface area contributed by atoms with E-state index in [1.165, 1.54) is 0 Å². The minimum absolute atomic E-state index is 0.0226. The molecule has 3 aromatic carbocycles. The van der Waals surface area contributed by atoms with Crippen LogP contribution < -0.4 is 10.5 Å². The summed E-state index contributed by atoms with van der Waals surface area (Å²) in [6.45, 7) is 3.60. The van der Waals surface area contributed by atoms with Crippen molar-refractivity contribution in [2.24, 2.45) is 5.73 Å². The molecule has 35 heavy (non-hydrogen) atoms. The van der Waals surface area contributed by atoms with Crippen LogP contribution in [0.4, 0.5) is 0 Å². The molecule has 3 N–H and O–H groups in total. The number of nitrogens with one attached hydrogen (secondary N) is 1. The fraction of sp³-hybridized carbons (Fsp3) is 0.222. The van der Waals surface area contributed by atoms with E-state index in [-0.39, 0.29) is 11.8 Å². The van der Waals surface area contributed by atoms with Crippen molar-refractivity contribution in [2.75, 3.05) is 33.3 Å². The van der Waals surface area contributed by atoms with Crippen LogP contribution in [0.3, 0.4) is 0 Å². The molecule has 0 saturated carbocycles. The Bertz CT molecular complexity index is 1480. The molecule has 1 fully saturated rings. The van der Waals surface area contributed by atoms with Gasteiger partial charge < -0.3 is 25.3 Å². The summed E-state index contributed by atoms with van der Waals surface area (Å²) in [6.07, 6.45) is 0. The van der Waals surface area contributed by atoms with Crippen molar-refractivity contribution in [3.63, 3.8) is 0 Å². The van der Waals surface area contributed by atoms with Crippen LogP contribution in [0.5, 0.6) is 5.75 Å². The van der Waals surface area contributed by atoms with E-state index >= 15 is 0 Å². The number of nitrogens with two attached hydrogens (primary N) is 1. The third-order valence-corrected chi connectivity index (χ3v) is 6.64. The number of nitrogens with zero attached hydrogens (tertiary/aromatic N) is 2. The molecule has 0 spiro atoms. The molecule has 8 nitrogen and oxygen atoms in total. The van der Waals surface area contributed by atoms with Gasteiger partial charge in [-0.25, -0.2) is 0 Å². The molecule has 1 aliphatic rings. The zero-order valence-corrected chi connectivity index (χ0v) is 19.6.